The number of hydrogen-bond donors (Lipinski definition) is 2. The maximum Gasteiger partial charge on any atom is 0.289 e. The van der Waals surface area contributed by atoms with E-state index in [9.17, 15) is 18.5 Å². The second kappa shape index (κ2) is 8.64. The van der Waals surface area contributed by atoms with Crippen molar-refractivity contribution in [3.63, 3.8) is 0 Å². The highest BCUT2D eigenvalue weighted by atomic mass is 35.5. The topological polar surface area (TPSA) is 115 Å². The van der Waals surface area contributed by atoms with Crippen LogP contribution in [0.5, 0.6) is 0 Å². The molecule has 0 bridgehead atoms. The third-order valence-corrected chi connectivity index (χ3v) is 4.56. The zero-order valence-corrected chi connectivity index (χ0v) is 14.5. The van der Waals surface area contributed by atoms with E-state index in [1.54, 1.807) is 0 Å². The molecule has 0 heterocycles. The van der Waals surface area contributed by atoms with Gasteiger partial charge < -0.3 is 5.73 Å². The van der Waals surface area contributed by atoms with Crippen LogP contribution in [-0.4, -0.2) is 25.9 Å². The number of halogens is 2. The summed E-state index contributed by atoms with van der Waals surface area (Å²) in [5, 5.41) is 11.1. The molecule has 126 valence electrons. The molecule has 1 rings (SSSR count). The Kier molecular flexibility index (Phi) is 8.27. The molecule has 0 radical (unpaired) electrons. The van der Waals surface area contributed by atoms with Crippen molar-refractivity contribution in [1.82, 2.24) is 4.72 Å². The highest BCUT2D eigenvalue weighted by Crippen LogP contribution is 2.27. The van der Waals surface area contributed by atoms with E-state index in [1.165, 1.54) is 6.07 Å². The zero-order chi connectivity index (χ0) is 16.2. The predicted molar refractivity (Wildman–Crippen MR) is 88.0 cm³/mol. The molecule has 1 atom stereocenters. The first-order valence-corrected chi connectivity index (χ1v) is 8.19. The van der Waals surface area contributed by atoms with E-state index >= 15 is 0 Å². The van der Waals surface area contributed by atoms with Crippen molar-refractivity contribution < 1.29 is 13.3 Å². The number of hydrogen-bond acceptors (Lipinski definition) is 5. The second-order valence-electron chi connectivity index (χ2n) is 5.05. The molecule has 0 fully saturated rings. The van der Waals surface area contributed by atoms with Crippen LogP contribution in [0.2, 0.25) is 5.02 Å². The molecule has 0 aliphatic rings. The molecule has 7 nitrogen and oxygen atoms in total. The summed E-state index contributed by atoms with van der Waals surface area (Å²) in [6.45, 7) is 3.96. The summed E-state index contributed by atoms with van der Waals surface area (Å²) in [6, 6.07) is 2.91. The number of sulfonamides is 1. The number of nitrogens with two attached hydrogens (primary N) is 1. The minimum Gasteiger partial charge on any atom is -0.329 e. The number of nitro groups is 1. The zero-order valence-electron chi connectivity index (χ0n) is 12.2. The molecule has 3 N–H and O–H groups in total. The van der Waals surface area contributed by atoms with Gasteiger partial charge >= 0.3 is 0 Å². The van der Waals surface area contributed by atoms with Crippen molar-refractivity contribution in [3.8, 4) is 0 Å². The van der Waals surface area contributed by atoms with Crippen LogP contribution in [0.4, 0.5) is 5.69 Å². The molecule has 22 heavy (non-hydrogen) atoms. The van der Waals surface area contributed by atoms with E-state index in [0.29, 0.717) is 6.42 Å². The first-order valence-electron chi connectivity index (χ1n) is 6.33. The second-order valence-corrected chi connectivity index (χ2v) is 7.17. The number of nitrogens with one attached hydrogen (secondary N) is 1. The lowest BCUT2D eigenvalue weighted by Crippen LogP contribution is -2.41. The first-order chi connectivity index (χ1) is 9.67. The van der Waals surface area contributed by atoms with Gasteiger partial charge in [-0.3, -0.25) is 10.1 Å². The van der Waals surface area contributed by atoms with E-state index < -0.39 is 31.6 Å². The van der Waals surface area contributed by atoms with Crippen LogP contribution >= 0.6 is 24.0 Å². The minimum absolute atomic E-state index is 0. The first kappa shape index (κ1) is 21.1. The predicted octanol–water partition coefficient (Wildman–Crippen LogP) is 2.32. The van der Waals surface area contributed by atoms with Crippen molar-refractivity contribution >= 4 is 39.7 Å². The van der Waals surface area contributed by atoms with Gasteiger partial charge in [-0.2, -0.15) is 0 Å². The van der Waals surface area contributed by atoms with Crippen LogP contribution in [0, 0.1) is 16.0 Å². The monoisotopic (exact) mass is 371 g/mol. The fraction of sp³-hybridized carbons (Fsp3) is 0.500. The van der Waals surface area contributed by atoms with Gasteiger partial charge in [-0.05, 0) is 24.5 Å². The summed E-state index contributed by atoms with van der Waals surface area (Å²) in [5.74, 6) is 0.232. The van der Waals surface area contributed by atoms with Gasteiger partial charge in [-0.1, -0.05) is 25.4 Å². The Morgan fingerprint density at radius 1 is 1.41 bits per heavy atom. The standard InChI is InChI=1S/C12H18ClN3O4S.ClH/c1-8(2)5-10(7-14)15-21(19,20)12-6-9(13)3-4-11(12)16(17)18;/h3-4,6,8,10,15H,5,7,14H2,1-2H3;1H. The van der Waals surface area contributed by atoms with E-state index in [2.05, 4.69) is 4.72 Å². The number of benzene rings is 1. The fourth-order valence-electron chi connectivity index (χ4n) is 1.90. The molecule has 0 spiro atoms. The summed E-state index contributed by atoms with van der Waals surface area (Å²) >= 11 is 5.74. The third-order valence-electron chi connectivity index (χ3n) is 2.77. The molecule has 0 saturated heterocycles. The molecule has 0 amide bonds. The van der Waals surface area contributed by atoms with Crippen molar-refractivity contribution in [1.29, 1.82) is 0 Å². The molecule has 1 aromatic carbocycles. The number of nitrogens with zero attached hydrogens (tertiary/aromatic N) is 1. The molecule has 1 unspecified atom stereocenters. The van der Waals surface area contributed by atoms with Crippen LogP contribution in [0.15, 0.2) is 23.1 Å². The summed E-state index contributed by atoms with van der Waals surface area (Å²) < 4.78 is 27.1. The van der Waals surface area contributed by atoms with E-state index in [0.717, 1.165) is 12.1 Å². The number of nitro benzene ring substituents is 1. The minimum atomic E-state index is -4.07. The average Bonchev–Trinajstić information content (AvgIpc) is 2.36. The molecule has 0 aromatic heterocycles. The van der Waals surface area contributed by atoms with Crippen molar-refractivity contribution in [3.05, 3.63) is 33.3 Å². The molecule has 10 heteroatoms. The Bertz CT molecular complexity index is 623. The molecule has 0 aliphatic carbocycles. The van der Waals surface area contributed by atoms with Gasteiger partial charge in [0.05, 0.1) is 4.92 Å². The van der Waals surface area contributed by atoms with Gasteiger partial charge in [-0.25, -0.2) is 13.1 Å². The molecule has 1 aromatic rings. The van der Waals surface area contributed by atoms with E-state index in [4.69, 9.17) is 17.3 Å². The highest BCUT2D eigenvalue weighted by Gasteiger charge is 2.28. The molecular formula is C12H19Cl2N3O4S. The van der Waals surface area contributed by atoms with Gasteiger partial charge in [0, 0.05) is 23.7 Å². The Labute approximate surface area is 140 Å². The normalized spacial score (nSPS) is 12.8. The summed E-state index contributed by atoms with van der Waals surface area (Å²) in [7, 11) is -4.07. The molecule has 0 saturated carbocycles. The van der Waals surface area contributed by atoms with Crippen LogP contribution < -0.4 is 10.5 Å². The lowest BCUT2D eigenvalue weighted by atomic mass is 10.1. The van der Waals surface area contributed by atoms with Gasteiger partial charge in [0.15, 0.2) is 4.90 Å². The van der Waals surface area contributed by atoms with Gasteiger partial charge in [-0.15, -0.1) is 12.4 Å². The lowest BCUT2D eigenvalue weighted by Gasteiger charge is -2.18. The molecule has 0 aliphatic heterocycles. The van der Waals surface area contributed by atoms with Gasteiger partial charge in [0.1, 0.15) is 0 Å². The maximum absolute atomic E-state index is 12.3. The quantitative estimate of drug-likeness (QED) is 0.563. The van der Waals surface area contributed by atoms with E-state index in [1.807, 2.05) is 13.8 Å². The Morgan fingerprint density at radius 3 is 2.45 bits per heavy atom. The van der Waals surface area contributed by atoms with Crippen LogP contribution in [-0.2, 0) is 10.0 Å². The summed E-state index contributed by atoms with van der Waals surface area (Å²) in [6.07, 6.45) is 0.532. The summed E-state index contributed by atoms with van der Waals surface area (Å²) in [4.78, 5) is 9.74. The smallest absolute Gasteiger partial charge is 0.289 e. The fourth-order valence-corrected chi connectivity index (χ4v) is 3.59. The third kappa shape index (κ3) is 5.69. The Hall–Kier alpha value is -0.930. The highest BCUT2D eigenvalue weighted by molar-refractivity contribution is 7.89. The molecular weight excluding hydrogens is 353 g/mol. The van der Waals surface area contributed by atoms with Gasteiger partial charge in [0.2, 0.25) is 10.0 Å². The van der Waals surface area contributed by atoms with Gasteiger partial charge in [0.25, 0.3) is 5.69 Å². The Morgan fingerprint density at radius 2 is 2.00 bits per heavy atom. The van der Waals surface area contributed by atoms with Crippen LogP contribution in [0.3, 0.4) is 0 Å². The van der Waals surface area contributed by atoms with Crippen LogP contribution in [0.25, 0.3) is 0 Å². The lowest BCUT2D eigenvalue weighted by molar-refractivity contribution is -0.387. The SMILES string of the molecule is CC(C)CC(CN)NS(=O)(=O)c1cc(Cl)ccc1[N+](=O)[O-].Cl. The van der Waals surface area contributed by atoms with Crippen LogP contribution in [0.1, 0.15) is 20.3 Å². The van der Waals surface area contributed by atoms with Crippen molar-refractivity contribution in [2.75, 3.05) is 6.54 Å². The van der Waals surface area contributed by atoms with Crippen molar-refractivity contribution in [2.45, 2.75) is 31.2 Å². The average molecular weight is 372 g/mol. The number of rotatable bonds is 7. The largest absolute Gasteiger partial charge is 0.329 e. The summed E-state index contributed by atoms with van der Waals surface area (Å²) in [5.41, 5.74) is 5.03. The van der Waals surface area contributed by atoms with Crippen molar-refractivity contribution in [2.24, 2.45) is 11.7 Å². The Balaban J connectivity index is 0.00000441. The maximum atomic E-state index is 12.3. The van der Waals surface area contributed by atoms with E-state index in [-0.39, 0.29) is 29.9 Å².